The molecule has 0 aliphatic carbocycles. The van der Waals surface area contributed by atoms with Gasteiger partial charge in [-0.15, -0.1) is 0 Å². The quantitative estimate of drug-likeness (QED) is 0.708. The van der Waals surface area contributed by atoms with Crippen LogP contribution in [0.4, 0.5) is 0 Å². The number of carbonyl (C=O) groups is 1. The Bertz CT molecular complexity index is 825. The Labute approximate surface area is 153 Å². The molecule has 0 aliphatic heterocycles. The number of ether oxygens (including phenoxy) is 1. The second-order valence-electron chi connectivity index (χ2n) is 6.14. The molecule has 5 heteroatoms. The van der Waals surface area contributed by atoms with E-state index >= 15 is 0 Å². The lowest BCUT2D eigenvalue weighted by atomic mass is 10.1. The van der Waals surface area contributed by atoms with Gasteiger partial charge in [0, 0.05) is 18.1 Å². The molecule has 0 saturated carbocycles. The van der Waals surface area contributed by atoms with Gasteiger partial charge in [0.2, 0.25) is 0 Å². The van der Waals surface area contributed by atoms with Gasteiger partial charge < -0.3 is 14.6 Å². The second-order valence-corrected chi connectivity index (χ2v) is 6.14. The SMILES string of the molecule is CCc1ccc(OCC(=O)N[C@@H](C)c2ccc(-n3ccnc3)cc2)cc1. The van der Waals surface area contributed by atoms with Gasteiger partial charge in [-0.3, -0.25) is 4.79 Å². The fourth-order valence-corrected chi connectivity index (χ4v) is 2.68. The lowest BCUT2D eigenvalue weighted by Crippen LogP contribution is -2.31. The number of rotatable bonds is 7. The third kappa shape index (κ3) is 4.51. The summed E-state index contributed by atoms with van der Waals surface area (Å²) in [5.41, 5.74) is 3.31. The van der Waals surface area contributed by atoms with Gasteiger partial charge in [0.1, 0.15) is 5.75 Å². The predicted octanol–water partition coefficient (Wildman–Crippen LogP) is 3.69. The molecule has 26 heavy (non-hydrogen) atoms. The first-order chi connectivity index (χ1) is 12.7. The third-order valence-electron chi connectivity index (χ3n) is 4.27. The van der Waals surface area contributed by atoms with E-state index < -0.39 is 0 Å². The molecule has 0 unspecified atom stereocenters. The Morgan fingerprint density at radius 3 is 2.50 bits per heavy atom. The Balaban J connectivity index is 1.51. The van der Waals surface area contributed by atoms with E-state index in [4.69, 9.17) is 4.74 Å². The molecule has 0 fully saturated rings. The van der Waals surface area contributed by atoms with Crippen molar-refractivity contribution >= 4 is 5.91 Å². The molecule has 2 aromatic carbocycles. The molecule has 0 bridgehead atoms. The zero-order chi connectivity index (χ0) is 18.4. The van der Waals surface area contributed by atoms with Gasteiger partial charge in [-0.1, -0.05) is 31.2 Å². The highest BCUT2D eigenvalue weighted by Gasteiger charge is 2.10. The van der Waals surface area contributed by atoms with Gasteiger partial charge in [0.15, 0.2) is 6.61 Å². The molecule has 134 valence electrons. The van der Waals surface area contributed by atoms with Gasteiger partial charge in [-0.2, -0.15) is 0 Å². The topological polar surface area (TPSA) is 56.1 Å². The summed E-state index contributed by atoms with van der Waals surface area (Å²) in [6, 6.07) is 15.7. The largest absolute Gasteiger partial charge is 0.484 e. The summed E-state index contributed by atoms with van der Waals surface area (Å²) >= 11 is 0. The van der Waals surface area contributed by atoms with Crippen molar-refractivity contribution in [1.29, 1.82) is 0 Å². The average Bonchev–Trinajstić information content (AvgIpc) is 3.21. The minimum Gasteiger partial charge on any atom is -0.484 e. The number of carbonyl (C=O) groups excluding carboxylic acids is 1. The number of imidazole rings is 1. The summed E-state index contributed by atoms with van der Waals surface area (Å²) in [4.78, 5) is 16.2. The van der Waals surface area contributed by atoms with E-state index in [-0.39, 0.29) is 18.6 Å². The molecule has 3 aromatic rings. The normalized spacial score (nSPS) is 11.8. The first kappa shape index (κ1) is 17.7. The fraction of sp³-hybridized carbons (Fsp3) is 0.238. The van der Waals surface area contributed by atoms with Crippen LogP contribution in [0, 0.1) is 0 Å². The number of amides is 1. The second kappa shape index (κ2) is 8.34. The van der Waals surface area contributed by atoms with Crippen LogP contribution in [0.15, 0.2) is 67.3 Å². The molecular weight excluding hydrogens is 326 g/mol. The molecule has 1 heterocycles. The van der Waals surface area contributed by atoms with Crippen LogP contribution in [0.25, 0.3) is 5.69 Å². The van der Waals surface area contributed by atoms with Gasteiger partial charge in [0.05, 0.1) is 12.4 Å². The summed E-state index contributed by atoms with van der Waals surface area (Å²) in [7, 11) is 0. The Kier molecular flexibility index (Phi) is 5.69. The van der Waals surface area contributed by atoms with Crippen molar-refractivity contribution < 1.29 is 9.53 Å². The molecule has 3 rings (SSSR count). The number of hydrogen-bond donors (Lipinski definition) is 1. The molecule has 1 N–H and O–H groups in total. The molecule has 1 aromatic heterocycles. The minimum absolute atomic E-state index is 0.00291. The maximum absolute atomic E-state index is 12.1. The number of nitrogens with one attached hydrogen (secondary N) is 1. The zero-order valence-corrected chi connectivity index (χ0v) is 15.1. The molecule has 0 aliphatic rings. The molecule has 1 atom stereocenters. The molecule has 0 spiro atoms. The Morgan fingerprint density at radius 1 is 1.15 bits per heavy atom. The number of benzene rings is 2. The van der Waals surface area contributed by atoms with Gasteiger partial charge in [-0.05, 0) is 48.7 Å². The van der Waals surface area contributed by atoms with E-state index in [9.17, 15) is 4.79 Å². The Hall–Kier alpha value is -3.08. The van der Waals surface area contributed by atoms with Crippen molar-refractivity contribution in [3.63, 3.8) is 0 Å². The lowest BCUT2D eigenvalue weighted by Gasteiger charge is -2.15. The van der Waals surface area contributed by atoms with Crippen LogP contribution in [0.1, 0.15) is 31.0 Å². The van der Waals surface area contributed by atoms with Crippen molar-refractivity contribution in [2.75, 3.05) is 6.61 Å². The predicted molar refractivity (Wildman–Crippen MR) is 101 cm³/mol. The van der Waals surface area contributed by atoms with Crippen LogP contribution in [-0.2, 0) is 11.2 Å². The first-order valence-electron chi connectivity index (χ1n) is 8.75. The van der Waals surface area contributed by atoms with E-state index in [1.54, 1.807) is 12.5 Å². The standard InChI is InChI=1S/C21H23N3O2/c1-3-17-4-10-20(11-5-17)26-14-21(25)23-16(2)18-6-8-19(9-7-18)24-13-12-22-15-24/h4-13,15-16H,3,14H2,1-2H3,(H,23,25)/t16-/m0/s1. The van der Waals surface area contributed by atoms with Crippen LogP contribution in [0.3, 0.4) is 0 Å². The molecule has 1 amide bonds. The molecular formula is C21H23N3O2. The third-order valence-corrected chi connectivity index (χ3v) is 4.27. The van der Waals surface area contributed by atoms with E-state index in [2.05, 4.69) is 17.2 Å². The van der Waals surface area contributed by atoms with Crippen molar-refractivity contribution in [1.82, 2.24) is 14.9 Å². The van der Waals surface area contributed by atoms with Crippen LogP contribution in [-0.4, -0.2) is 22.1 Å². The zero-order valence-electron chi connectivity index (χ0n) is 15.1. The van der Waals surface area contributed by atoms with Crippen LogP contribution in [0.2, 0.25) is 0 Å². The minimum atomic E-state index is -0.143. The van der Waals surface area contributed by atoms with Crippen LogP contribution < -0.4 is 10.1 Å². The van der Waals surface area contributed by atoms with Crippen molar-refractivity contribution in [3.05, 3.63) is 78.4 Å². The van der Waals surface area contributed by atoms with Crippen molar-refractivity contribution in [2.45, 2.75) is 26.3 Å². The van der Waals surface area contributed by atoms with Gasteiger partial charge in [0.25, 0.3) is 5.91 Å². The molecule has 5 nitrogen and oxygen atoms in total. The highest BCUT2D eigenvalue weighted by molar-refractivity contribution is 5.78. The van der Waals surface area contributed by atoms with Crippen LogP contribution >= 0.6 is 0 Å². The first-order valence-corrected chi connectivity index (χ1v) is 8.75. The number of aromatic nitrogens is 2. The lowest BCUT2D eigenvalue weighted by molar-refractivity contribution is -0.123. The van der Waals surface area contributed by atoms with Gasteiger partial charge >= 0.3 is 0 Å². The van der Waals surface area contributed by atoms with E-state index in [1.807, 2.05) is 66.2 Å². The van der Waals surface area contributed by atoms with Crippen molar-refractivity contribution in [3.8, 4) is 11.4 Å². The smallest absolute Gasteiger partial charge is 0.258 e. The monoisotopic (exact) mass is 349 g/mol. The van der Waals surface area contributed by atoms with Crippen LogP contribution in [0.5, 0.6) is 5.75 Å². The summed E-state index contributed by atoms with van der Waals surface area (Å²) in [6.45, 7) is 4.07. The molecule has 0 saturated heterocycles. The highest BCUT2D eigenvalue weighted by atomic mass is 16.5. The average molecular weight is 349 g/mol. The molecule has 0 radical (unpaired) electrons. The summed E-state index contributed by atoms with van der Waals surface area (Å²) in [5, 5.41) is 2.96. The van der Waals surface area contributed by atoms with E-state index in [0.29, 0.717) is 5.75 Å². The number of nitrogens with zero attached hydrogens (tertiary/aromatic N) is 2. The van der Waals surface area contributed by atoms with Crippen molar-refractivity contribution in [2.24, 2.45) is 0 Å². The maximum atomic E-state index is 12.1. The summed E-state index contributed by atoms with van der Waals surface area (Å²) in [5.74, 6) is 0.561. The maximum Gasteiger partial charge on any atom is 0.258 e. The Morgan fingerprint density at radius 2 is 1.88 bits per heavy atom. The fourth-order valence-electron chi connectivity index (χ4n) is 2.68. The van der Waals surface area contributed by atoms with E-state index in [0.717, 1.165) is 17.7 Å². The van der Waals surface area contributed by atoms with Gasteiger partial charge in [-0.25, -0.2) is 4.98 Å². The number of aryl methyl sites for hydroxylation is 1. The van der Waals surface area contributed by atoms with E-state index in [1.165, 1.54) is 5.56 Å². The number of hydrogen-bond acceptors (Lipinski definition) is 3. The summed E-state index contributed by atoms with van der Waals surface area (Å²) in [6.07, 6.45) is 6.37. The highest BCUT2D eigenvalue weighted by Crippen LogP contribution is 2.16. The summed E-state index contributed by atoms with van der Waals surface area (Å²) < 4.78 is 7.48.